The number of phenolic OH excluding ortho intramolecular Hbond substituents is 1. The zero-order valence-corrected chi connectivity index (χ0v) is 34.6. The summed E-state index contributed by atoms with van der Waals surface area (Å²) in [5.41, 5.74) is 9.44. The van der Waals surface area contributed by atoms with E-state index in [0.717, 1.165) is 84.2 Å². The fourth-order valence-electron chi connectivity index (χ4n) is 9.49. The quantitative estimate of drug-likeness (QED) is 0.177. The van der Waals surface area contributed by atoms with Crippen LogP contribution < -0.4 is 19.3 Å². The van der Waals surface area contributed by atoms with Crippen LogP contribution in [0.1, 0.15) is 55.9 Å². The standard InChI is InChI=1S/C46H46ClN5O6.ClH/c1-48-16-14-29-21-32(10-13-40(29)48)52(31-8-11-34(53)12-9-31)46(55)38-23-42(50-15-3-2-7-41(38)50)36-24-43-44(58-28-57-43)25-37(36)45(54)51-26-30-5-4-6-39(47)35(30)22-33(51)27-49-17-19-56-20-18-49;/h4-6,8-13,21,23-25,33,53H,2-3,7,14-20,22,26-28H2,1H3;1H/t33-;/m0./s1. The van der Waals surface area contributed by atoms with Crippen LogP contribution in [-0.2, 0) is 37.1 Å². The summed E-state index contributed by atoms with van der Waals surface area (Å²) < 4.78 is 19.7. The van der Waals surface area contributed by atoms with Crippen molar-refractivity contribution in [2.45, 2.75) is 51.2 Å². The van der Waals surface area contributed by atoms with Gasteiger partial charge in [-0.3, -0.25) is 19.4 Å². The maximum atomic E-state index is 15.3. The largest absolute Gasteiger partial charge is 0.508 e. The minimum Gasteiger partial charge on any atom is -0.508 e. The Labute approximate surface area is 355 Å². The molecule has 5 aromatic rings. The molecule has 0 bridgehead atoms. The summed E-state index contributed by atoms with van der Waals surface area (Å²) in [5.74, 6) is 0.950. The van der Waals surface area contributed by atoms with Gasteiger partial charge in [-0.25, -0.2) is 0 Å². The highest BCUT2D eigenvalue weighted by molar-refractivity contribution is 6.31. The number of ether oxygens (including phenoxy) is 3. The van der Waals surface area contributed by atoms with E-state index in [-0.39, 0.29) is 42.8 Å². The Balaban J connectivity index is 0.00000449. The fraction of sp³-hybridized carbons (Fsp3) is 0.348. The van der Waals surface area contributed by atoms with E-state index in [0.29, 0.717) is 73.1 Å². The van der Waals surface area contributed by atoms with Gasteiger partial charge in [0.15, 0.2) is 11.5 Å². The summed E-state index contributed by atoms with van der Waals surface area (Å²) in [4.78, 5) is 38.9. The molecule has 10 rings (SSSR count). The second-order valence-corrected chi connectivity index (χ2v) is 16.4. The van der Waals surface area contributed by atoms with Crippen molar-refractivity contribution in [1.29, 1.82) is 0 Å². The molecular formula is C46H47Cl2N5O6. The molecule has 1 aromatic heterocycles. The summed E-state index contributed by atoms with van der Waals surface area (Å²) in [6, 6.07) is 24.5. The molecule has 0 saturated carbocycles. The highest BCUT2D eigenvalue weighted by Crippen LogP contribution is 2.44. The molecule has 6 heterocycles. The van der Waals surface area contributed by atoms with Crippen LogP contribution in [0, 0.1) is 0 Å². The third-order valence-electron chi connectivity index (χ3n) is 12.5. The van der Waals surface area contributed by atoms with Gasteiger partial charge in [-0.2, -0.15) is 0 Å². The van der Waals surface area contributed by atoms with Gasteiger partial charge in [0.2, 0.25) is 6.79 Å². The number of rotatable bonds is 7. The van der Waals surface area contributed by atoms with Crippen molar-refractivity contribution < 1.29 is 28.9 Å². The topological polar surface area (TPSA) is 100.0 Å². The molecule has 0 unspecified atom stereocenters. The molecule has 5 aliphatic heterocycles. The van der Waals surface area contributed by atoms with Crippen molar-refractivity contribution in [3.05, 3.63) is 117 Å². The number of likely N-dealkylation sites (N-methyl/N-ethyl adjacent to an activating group) is 1. The number of carbonyl (C=O) groups is 2. The number of anilines is 3. The van der Waals surface area contributed by atoms with Gasteiger partial charge in [0.05, 0.1) is 24.3 Å². The third-order valence-corrected chi connectivity index (χ3v) is 12.9. The molecule has 59 heavy (non-hydrogen) atoms. The van der Waals surface area contributed by atoms with Crippen LogP contribution >= 0.6 is 24.0 Å². The lowest BCUT2D eigenvalue weighted by atomic mass is 9.91. The number of benzene rings is 4. The lowest BCUT2D eigenvalue weighted by Crippen LogP contribution is -2.52. The summed E-state index contributed by atoms with van der Waals surface area (Å²) in [6.45, 7) is 5.76. The Bertz CT molecular complexity index is 2430. The van der Waals surface area contributed by atoms with E-state index in [1.54, 1.807) is 29.2 Å². The molecule has 0 radical (unpaired) electrons. The van der Waals surface area contributed by atoms with Crippen LogP contribution in [0.25, 0.3) is 11.3 Å². The van der Waals surface area contributed by atoms with E-state index in [9.17, 15) is 5.11 Å². The minimum atomic E-state index is -0.169. The average Bonchev–Trinajstić information content (AvgIpc) is 3.98. The number of fused-ring (bicyclic) bond motifs is 4. The van der Waals surface area contributed by atoms with Crippen LogP contribution in [0.3, 0.4) is 0 Å². The second kappa shape index (κ2) is 16.1. The van der Waals surface area contributed by atoms with E-state index < -0.39 is 0 Å². The number of aromatic nitrogens is 1. The van der Waals surface area contributed by atoms with Crippen molar-refractivity contribution in [2.75, 3.05) is 63.0 Å². The van der Waals surface area contributed by atoms with Crippen molar-refractivity contribution in [1.82, 2.24) is 14.4 Å². The van der Waals surface area contributed by atoms with Crippen LogP contribution in [0.5, 0.6) is 17.2 Å². The van der Waals surface area contributed by atoms with Crippen molar-refractivity contribution in [2.24, 2.45) is 0 Å². The maximum Gasteiger partial charge on any atom is 0.264 e. The van der Waals surface area contributed by atoms with Gasteiger partial charge in [0, 0.05) is 91.4 Å². The summed E-state index contributed by atoms with van der Waals surface area (Å²) in [6.07, 6.45) is 4.15. The molecule has 1 saturated heterocycles. The first-order valence-electron chi connectivity index (χ1n) is 20.3. The highest BCUT2D eigenvalue weighted by atomic mass is 35.5. The molecule has 1 fully saturated rings. The van der Waals surface area contributed by atoms with Gasteiger partial charge < -0.3 is 33.7 Å². The molecule has 1 atom stereocenters. The smallest absolute Gasteiger partial charge is 0.264 e. The molecule has 1 N–H and O–H groups in total. The number of halogens is 2. The lowest BCUT2D eigenvalue weighted by molar-refractivity contribution is 0.0193. The Hall–Kier alpha value is -5.20. The first-order valence-corrected chi connectivity index (χ1v) is 20.7. The number of hydrogen-bond acceptors (Lipinski definition) is 8. The zero-order valence-electron chi connectivity index (χ0n) is 33.0. The highest BCUT2D eigenvalue weighted by Gasteiger charge is 2.37. The summed E-state index contributed by atoms with van der Waals surface area (Å²) in [5, 5.41) is 11.0. The maximum absolute atomic E-state index is 15.3. The molecule has 306 valence electrons. The van der Waals surface area contributed by atoms with Crippen molar-refractivity contribution >= 4 is 52.9 Å². The van der Waals surface area contributed by atoms with Gasteiger partial charge in [0.25, 0.3) is 11.8 Å². The summed E-state index contributed by atoms with van der Waals surface area (Å²) in [7, 11) is 2.09. The molecule has 11 nitrogen and oxygen atoms in total. The van der Waals surface area contributed by atoms with Gasteiger partial charge in [-0.05, 0) is 116 Å². The van der Waals surface area contributed by atoms with Crippen molar-refractivity contribution in [3.63, 3.8) is 0 Å². The number of nitrogens with zero attached hydrogens (tertiary/aromatic N) is 5. The summed E-state index contributed by atoms with van der Waals surface area (Å²) >= 11 is 6.78. The number of phenols is 1. The first-order chi connectivity index (χ1) is 28.3. The number of amides is 2. The van der Waals surface area contributed by atoms with Crippen LogP contribution in [-0.4, -0.2) is 90.6 Å². The van der Waals surface area contributed by atoms with E-state index in [1.165, 1.54) is 5.56 Å². The predicted octanol–water partition coefficient (Wildman–Crippen LogP) is 7.87. The molecule has 2 amide bonds. The van der Waals surface area contributed by atoms with E-state index in [1.807, 2.05) is 41.3 Å². The molecule has 4 aromatic carbocycles. The van der Waals surface area contributed by atoms with Gasteiger partial charge in [0.1, 0.15) is 5.75 Å². The monoisotopic (exact) mass is 835 g/mol. The second-order valence-electron chi connectivity index (χ2n) is 16.0. The predicted molar refractivity (Wildman–Crippen MR) is 230 cm³/mol. The lowest BCUT2D eigenvalue weighted by Gasteiger charge is -2.41. The van der Waals surface area contributed by atoms with Gasteiger partial charge in [-0.1, -0.05) is 23.7 Å². The first kappa shape index (κ1) is 39.3. The van der Waals surface area contributed by atoms with Crippen LogP contribution in [0.4, 0.5) is 17.1 Å². The number of morpholine rings is 1. The zero-order chi connectivity index (χ0) is 39.5. The molecule has 13 heteroatoms. The molecule has 0 aliphatic carbocycles. The molecular weight excluding hydrogens is 789 g/mol. The molecule has 5 aliphatic rings. The fourth-order valence-corrected chi connectivity index (χ4v) is 9.76. The Morgan fingerprint density at radius 3 is 2.44 bits per heavy atom. The number of aromatic hydroxyl groups is 1. The van der Waals surface area contributed by atoms with Crippen LogP contribution in [0.15, 0.2) is 78.9 Å². The Morgan fingerprint density at radius 2 is 1.63 bits per heavy atom. The Kier molecular flexibility index (Phi) is 10.7. The Morgan fingerprint density at radius 1 is 0.847 bits per heavy atom. The molecule has 0 spiro atoms. The normalized spacial score (nSPS) is 18.2. The minimum absolute atomic E-state index is 0. The third kappa shape index (κ3) is 7.18. The number of carbonyl (C=O) groups excluding carboxylic acids is 2. The SMILES string of the molecule is CN1CCc2cc(N(C(=O)c3cc(-c4cc5c(cc4C(=O)N4Cc6cccc(Cl)c6C[C@H]4CN4CCOCC4)OCO5)n4c3CCCC4)c3ccc(O)cc3)ccc21.Cl. The van der Waals surface area contributed by atoms with Gasteiger partial charge >= 0.3 is 0 Å². The van der Waals surface area contributed by atoms with Gasteiger partial charge in [-0.15, -0.1) is 12.4 Å². The van der Waals surface area contributed by atoms with E-state index >= 15 is 9.59 Å². The average molecular weight is 837 g/mol. The van der Waals surface area contributed by atoms with Crippen LogP contribution in [0.2, 0.25) is 5.02 Å². The van der Waals surface area contributed by atoms with Crippen molar-refractivity contribution in [3.8, 4) is 28.5 Å². The van der Waals surface area contributed by atoms with E-state index in [2.05, 4.69) is 39.6 Å². The number of hydrogen-bond donors (Lipinski definition) is 1. The van der Waals surface area contributed by atoms with E-state index in [4.69, 9.17) is 25.8 Å².